The van der Waals surface area contributed by atoms with Crippen molar-refractivity contribution in [2.45, 2.75) is 38.8 Å². The second kappa shape index (κ2) is 6.61. The third kappa shape index (κ3) is 3.04. The molecule has 110 valence electrons. The van der Waals surface area contributed by atoms with Crippen LogP contribution in [0.15, 0.2) is 12.1 Å². The van der Waals surface area contributed by atoms with E-state index in [1.165, 1.54) is 0 Å². The average molecular weight is 279 g/mol. The summed E-state index contributed by atoms with van der Waals surface area (Å²) in [6.45, 7) is 3.26. The van der Waals surface area contributed by atoms with Gasteiger partial charge in [0, 0.05) is 18.5 Å². The molecular weight excluding hydrogens is 258 g/mol. The first-order valence-electron chi connectivity index (χ1n) is 6.95. The van der Waals surface area contributed by atoms with Gasteiger partial charge in [-0.2, -0.15) is 0 Å². The van der Waals surface area contributed by atoms with E-state index in [9.17, 15) is 4.79 Å². The van der Waals surface area contributed by atoms with E-state index in [-0.39, 0.29) is 0 Å². The SMILES string of the molecule is CCCCOc1c(OC)ccc2c1C[C@@H](C(=O)O)NC2. The molecule has 5 nitrogen and oxygen atoms in total. The molecule has 0 spiro atoms. The van der Waals surface area contributed by atoms with Gasteiger partial charge in [-0.25, -0.2) is 0 Å². The van der Waals surface area contributed by atoms with Gasteiger partial charge >= 0.3 is 5.97 Å². The van der Waals surface area contributed by atoms with E-state index in [4.69, 9.17) is 14.6 Å². The Balaban J connectivity index is 2.29. The fourth-order valence-corrected chi connectivity index (χ4v) is 2.36. The van der Waals surface area contributed by atoms with E-state index >= 15 is 0 Å². The number of carboxylic acid groups (broad SMARTS) is 1. The van der Waals surface area contributed by atoms with Gasteiger partial charge in [0.25, 0.3) is 0 Å². The van der Waals surface area contributed by atoms with E-state index in [2.05, 4.69) is 12.2 Å². The summed E-state index contributed by atoms with van der Waals surface area (Å²) in [5.74, 6) is 0.537. The second-order valence-electron chi connectivity index (χ2n) is 4.91. The number of nitrogens with one attached hydrogen (secondary N) is 1. The van der Waals surface area contributed by atoms with Crippen molar-refractivity contribution in [3.05, 3.63) is 23.3 Å². The summed E-state index contributed by atoms with van der Waals surface area (Å²) in [4.78, 5) is 11.2. The monoisotopic (exact) mass is 279 g/mol. The van der Waals surface area contributed by atoms with Crippen molar-refractivity contribution in [1.29, 1.82) is 0 Å². The summed E-state index contributed by atoms with van der Waals surface area (Å²) < 4.78 is 11.2. The van der Waals surface area contributed by atoms with Crippen LogP contribution in [-0.4, -0.2) is 30.8 Å². The summed E-state index contributed by atoms with van der Waals surface area (Å²) in [5, 5.41) is 12.2. The fraction of sp³-hybridized carbons (Fsp3) is 0.533. The molecule has 0 amide bonds. The summed E-state index contributed by atoms with van der Waals surface area (Å²) >= 11 is 0. The van der Waals surface area contributed by atoms with Crippen LogP contribution in [0.25, 0.3) is 0 Å². The van der Waals surface area contributed by atoms with E-state index in [0.717, 1.165) is 24.0 Å². The van der Waals surface area contributed by atoms with Gasteiger partial charge < -0.3 is 19.9 Å². The Morgan fingerprint density at radius 3 is 2.95 bits per heavy atom. The first-order chi connectivity index (χ1) is 9.67. The Kier molecular flexibility index (Phi) is 4.84. The molecule has 1 aliphatic heterocycles. The molecule has 0 radical (unpaired) electrons. The molecule has 1 aromatic rings. The van der Waals surface area contributed by atoms with Crippen LogP contribution in [0, 0.1) is 0 Å². The van der Waals surface area contributed by atoms with Crippen molar-refractivity contribution in [3.63, 3.8) is 0 Å². The van der Waals surface area contributed by atoms with Gasteiger partial charge in [0.1, 0.15) is 6.04 Å². The highest BCUT2D eigenvalue weighted by Crippen LogP contribution is 2.36. The number of benzene rings is 1. The number of carboxylic acids is 1. The van der Waals surface area contributed by atoms with Gasteiger partial charge in [0.2, 0.25) is 0 Å². The van der Waals surface area contributed by atoms with Crippen LogP contribution in [0.1, 0.15) is 30.9 Å². The quantitative estimate of drug-likeness (QED) is 0.779. The predicted octanol–water partition coefficient (Wildman–Crippen LogP) is 1.97. The number of hydrogen-bond donors (Lipinski definition) is 2. The fourth-order valence-electron chi connectivity index (χ4n) is 2.36. The molecule has 1 aliphatic rings. The summed E-state index contributed by atoms with van der Waals surface area (Å²) in [7, 11) is 1.60. The number of ether oxygens (including phenoxy) is 2. The zero-order valence-electron chi connectivity index (χ0n) is 11.9. The molecular formula is C15H21NO4. The standard InChI is InChI=1S/C15H21NO4/c1-3-4-7-20-14-11-8-12(15(17)18)16-9-10(11)5-6-13(14)19-2/h5-6,12,16H,3-4,7-9H2,1-2H3,(H,17,18)/t12-/m0/s1. The number of aliphatic carboxylic acids is 1. The highest BCUT2D eigenvalue weighted by atomic mass is 16.5. The predicted molar refractivity (Wildman–Crippen MR) is 75.4 cm³/mol. The van der Waals surface area contributed by atoms with Crippen molar-refractivity contribution in [2.75, 3.05) is 13.7 Å². The molecule has 20 heavy (non-hydrogen) atoms. The molecule has 2 rings (SSSR count). The lowest BCUT2D eigenvalue weighted by molar-refractivity contribution is -0.139. The maximum Gasteiger partial charge on any atom is 0.321 e. The van der Waals surface area contributed by atoms with Gasteiger partial charge in [-0.15, -0.1) is 0 Å². The Morgan fingerprint density at radius 2 is 2.30 bits per heavy atom. The molecule has 1 atom stereocenters. The smallest absolute Gasteiger partial charge is 0.321 e. The van der Waals surface area contributed by atoms with Gasteiger partial charge in [-0.05, 0) is 18.1 Å². The van der Waals surface area contributed by atoms with Crippen LogP contribution < -0.4 is 14.8 Å². The Labute approximate surface area is 118 Å². The van der Waals surface area contributed by atoms with Crippen LogP contribution in [0.2, 0.25) is 0 Å². The minimum atomic E-state index is -0.835. The third-order valence-corrected chi connectivity index (χ3v) is 3.53. The molecule has 0 saturated heterocycles. The van der Waals surface area contributed by atoms with Crippen molar-refractivity contribution < 1.29 is 19.4 Å². The number of hydrogen-bond acceptors (Lipinski definition) is 4. The number of rotatable bonds is 6. The number of methoxy groups -OCH3 is 1. The van der Waals surface area contributed by atoms with Crippen LogP contribution in [0.3, 0.4) is 0 Å². The maximum atomic E-state index is 11.2. The highest BCUT2D eigenvalue weighted by Gasteiger charge is 2.27. The average Bonchev–Trinajstić information content (AvgIpc) is 2.46. The van der Waals surface area contributed by atoms with Gasteiger partial charge in [0.05, 0.1) is 13.7 Å². The summed E-state index contributed by atoms with van der Waals surface area (Å²) in [6, 6.07) is 3.28. The minimum absolute atomic E-state index is 0.420. The number of fused-ring (bicyclic) bond motifs is 1. The van der Waals surface area contributed by atoms with Crippen LogP contribution in [0.4, 0.5) is 0 Å². The normalized spacial score (nSPS) is 17.4. The van der Waals surface area contributed by atoms with Crippen LogP contribution in [-0.2, 0) is 17.8 Å². The zero-order chi connectivity index (χ0) is 14.5. The van der Waals surface area contributed by atoms with Crippen LogP contribution in [0.5, 0.6) is 11.5 Å². The lowest BCUT2D eigenvalue weighted by Gasteiger charge is -2.26. The van der Waals surface area contributed by atoms with E-state index in [1.807, 2.05) is 12.1 Å². The van der Waals surface area contributed by atoms with E-state index < -0.39 is 12.0 Å². The topological polar surface area (TPSA) is 67.8 Å². The molecule has 0 unspecified atom stereocenters. The van der Waals surface area contributed by atoms with E-state index in [1.54, 1.807) is 7.11 Å². The summed E-state index contributed by atoms with van der Waals surface area (Å²) in [6.07, 6.45) is 2.44. The first kappa shape index (κ1) is 14.7. The molecule has 1 aromatic carbocycles. The maximum absolute atomic E-state index is 11.2. The lowest BCUT2D eigenvalue weighted by Crippen LogP contribution is -2.41. The molecule has 2 N–H and O–H groups in total. The molecule has 1 heterocycles. The van der Waals surface area contributed by atoms with Gasteiger partial charge in [-0.3, -0.25) is 4.79 Å². The molecule has 0 aliphatic carbocycles. The van der Waals surface area contributed by atoms with Gasteiger partial charge in [-0.1, -0.05) is 19.4 Å². The Morgan fingerprint density at radius 1 is 1.50 bits per heavy atom. The van der Waals surface area contributed by atoms with Crippen molar-refractivity contribution in [2.24, 2.45) is 0 Å². The van der Waals surface area contributed by atoms with Crippen molar-refractivity contribution >= 4 is 5.97 Å². The Bertz CT molecular complexity index is 487. The molecule has 0 saturated carbocycles. The molecule has 0 fully saturated rings. The van der Waals surface area contributed by atoms with E-state index in [0.29, 0.717) is 31.1 Å². The van der Waals surface area contributed by atoms with Crippen molar-refractivity contribution in [1.82, 2.24) is 5.32 Å². The molecule has 0 aromatic heterocycles. The zero-order valence-corrected chi connectivity index (χ0v) is 11.9. The number of unbranched alkanes of at least 4 members (excludes halogenated alkanes) is 1. The third-order valence-electron chi connectivity index (χ3n) is 3.53. The first-order valence-corrected chi connectivity index (χ1v) is 6.95. The molecule has 0 bridgehead atoms. The second-order valence-corrected chi connectivity index (χ2v) is 4.91. The molecule has 5 heteroatoms. The minimum Gasteiger partial charge on any atom is -0.493 e. The van der Waals surface area contributed by atoms with Crippen molar-refractivity contribution in [3.8, 4) is 11.5 Å². The van der Waals surface area contributed by atoms with Gasteiger partial charge in [0.15, 0.2) is 11.5 Å². The lowest BCUT2D eigenvalue weighted by atomic mass is 9.94. The largest absolute Gasteiger partial charge is 0.493 e. The van der Waals surface area contributed by atoms with Crippen LogP contribution >= 0.6 is 0 Å². The Hall–Kier alpha value is -1.75. The number of carbonyl (C=O) groups is 1. The summed E-state index contributed by atoms with van der Waals surface area (Å²) in [5.41, 5.74) is 2.03. The highest BCUT2D eigenvalue weighted by molar-refractivity contribution is 5.75.